The van der Waals surface area contributed by atoms with Gasteiger partial charge in [-0.1, -0.05) is 12.1 Å². The summed E-state index contributed by atoms with van der Waals surface area (Å²) >= 11 is 0. The Hall–Kier alpha value is -3.04. The minimum Gasteiger partial charge on any atom is -0.440 e. The monoisotopic (exact) mass is 356 g/mol. The lowest BCUT2D eigenvalue weighted by Crippen LogP contribution is -2.35. The number of hydrogen-bond donors (Lipinski definition) is 2. The fourth-order valence-electron chi connectivity index (χ4n) is 1.88. The summed E-state index contributed by atoms with van der Waals surface area (Å²) in [6, 6.07) is 8.74. The van der Waals surface area contributed by atoms with Crippen LogP contribution in [-0.4, -0.2) is 41.1 Å². The molecule has 0 saturated carbocycles. The minimum atomic E-state index is -4.62. The smallest absolute Gasteiger partial charge is 0.422 e. The van der Waals surface area contributed by atoms with Gasteiger partial charge in [-0.3, -0.25) is 9.48 Å². The maximum atomic E-state index is 11.9. The first-order valence-corrected chi connectivity index (χ1v) is 7.15. The van der Waals surface area contributed by atoms with Crippen LogP contribution in [-0.2, 0) is 16.1 Å². The number of aromatic nitrogens is 2. The first kappa shape index (κ1) is 18.3. The number of alkyl carbamates (subject to hydrolysis) is 1. The standard InChI is InChI=1S/C15H15F3N4O3/c16-15(17,18)10-25-14(24)19-8-13(23)21-12-4-1-3-11(7-12)9-22-6-2-5-20-22/h1-7H,8-10H2,(H,19,24)(H,21,23). The van der Waals surface area contributed by atoms with Crippen LogP contribution in [0.1, 0.15) is 5.56 Å². The van der Waals surface area contributed by atoms with E-state index in [1.54, 1.807) is 41.3 Å². The van der Waals surface area contributed by atoms with E-state index in [9.17, 15) is 22.8 Å². The normalized spacial score (nSPS) is 11.0. The van der Waals surface area contributed by atoms with Gasteiger partial charge in [-0.15, -0.1) is 0 Å². The highest BCUT2D eigenvalue weighted by Gasteiger charge is 2.29. The van der Waals surface area contributed by atoms with E-state index in [0.29, 0.717) is 12.2 Å². The van der Waals surface area contributed by atoms with Crippen molar-refractivity contribution >= 4 is 17.7 Å². The Balaban J connectivity index is 1.79. The van der Waals surface area contributed by atoms with Gasteiger partial charge in [0, 0.05) is 18.1 Å². The van der Waals surface area contributed by atoms with Crippen molar-refractivity contribution in [3.63, 3.8) is 0 Å². The molecule has 1 aromatic heterocycles. The molecule has 0 unspecified atom stereocenters. The predicted molar refractivity (Wildman–Crippen MR) is 81.8 cm³/mol. The van der Waals surface area contributed by atoms with E-state index in [4.69, 9.17) is 0 Å². The van der Waals surface area contributed by atoms with Gasteiger partial charge in [0.2, 0.25) is 5.91 Å². The van der Waals surface area contributed by atoms with E-state index in [-0.39, 0.29) is 0 Å². The van der Waals surface area contributed by atoms with Crippen molar-refractivity contribution in [1.82, 2.24) is 15.1 Å². The Bertz CT molecular complexity index is 717. The summed E-state index contributed by atoms with van der Waals surface area (Å²) in [5, 5.41) is 8.54. The topological polar surface area (TPSA) is 85.3 Å². The number of hydrogen-bond acceptors (Lipinski definition) is 4. The average Bonchev–Trinajstić information content (AvgIpc) is 3.03. The summed E-state index contributed by atoms with van der Waals surface area (Å²) in [7, 11) is 0. The number of alkyl halides is 3. The highest BCUT2D eigenvalue weighted by atomic mass is 19.4. The van der Waals surface area contributed by atoms with Gasteiger partial charge in [-0.2, -0.15) is 18.3 Å². The number of carbonyl (C=O) groups is 2. The molecular formula is C15H15F3N4O3. The van der Waals surface area contributed by atoms with Gasteiger partial charge in [-0.25, -0.2) is 4.79 Å². The van der Waals surface area contributed by atoms with Crippen LogP contribution >= 0.6 is 0 Å². The van der Waals surface area contributed by atoms with Crippen LogP contribution in [0, 0.1) is 0 Å². The molecule has 10 heteroatoms. The number of ether oxygens (including phenoxy) is 1. The first-order valence-electron chi connectivity index (χ1n) is 7.15. The number of amides is 2. The van der Waals surface area contributed by atoms with Crippen LogP contribution in [0.2, 0.25) is 0 Å². The largest absolute Gasteiger partial charge is 0.440 e. The number of nitrogens with one attached hydrogen (secondary N) is 2. The van der Waals surface area contributed by atoms with Crippen molar-refractivity contribution in [3.8, 4) is 0 Å². The molecule has 1 heterocycles. The molecule has 0 aliphatic carbocycles. The van der Waals surface area contributed by atoms with Crippen molar-refractivity contribution in [2.45, 2.75) is 12.7 Å². The van der Waals surface area contributed by atoms with Crippen LogP contribution in [0.25, 0.3) is 0 Å². The molecule has 0 bridgehead atoms. The number of carbonyl (C=O) groups excluding carboxylic acids is 2. The van der Waals surface area contributed by atoms with E-state index in [1.807, 2.05) is 11.4 Å². The second-order valence-electron chi connectivity index (χ2n) is 5.00. The third-order valence-corrected chi connectivity index (χ3v) is 2.87. The van der Waals surface area contributed by atoms with E-state index in [0.717, 1.165) is 5.56 Å². The fourth-order valence-corrected chi connectivity index (χ4v) is 1.88. The quantitative estimate of drug-likeness (QED) is 0.831. The SMILES string of the molecule is O=C(CNC(=O)OCC(F)(F)F)Nc1cccc(Cn2cccn2)c1. The summed E-state index contributed by atoms with van der Waals surface area (Å²) in [5.41, 5.74) is 1.37. The summed E-state index contributed by atoms with van der Waals surface area (Å²) in [6.07, 6.45) is -2.49. The maximum absolute atomic E-state index is 11.9. The molecule has 2 aromatic rings. The Morgan fingerprint density at radius 2 is 2.04 bits per heavy atom. The highest BCUT2D eigenvalue weighted by molar-refractivity contribution is 5.93. The molecular weight excluding hydrogens is 341 g/mol. The van der Waals surface area contributed by atoms with Gasteiger partial charge in [0.1, 0.15) is 6.54 Å². The highest BCUT2D eigenvalue weighted by Crippen LogP contribution is 2.14. The van der Waals surface area contributed by atoms with Crippen LogP contribution in [0.5, 0.6) is 0 Å². The van der Waals surface area contributed by atoms with Gasteiger partial charge in [0.15, 0.2) is 6.61 Å². The number of nitrogens with zero attached hydrogens (tertiary/aromatic N) is 2. The van der Waals surface area contributed by atoms with Crippen molar-refractivity contribution in [2.75, 3.05) is 18.5 Å². The molecule has 2 amide bonds. The van der Waals surface area contributed by atoms with Crippen LogP contribution in [0.15, 0.2) is 42.7 Å². The molecule has 1 aromatic carbocycles. The number of anilines is 1. The zero-order chi connectivity index (χ0) is 18.3. The van der Waals surface area contributed by atoms with E-state index in [2.05, 4.69) is 15.2 Å². The number of halogens is 3. The van der Waals surface area contributed by atoms with Gasteiger partial charge in [-0.05, 0) is 23.8 Å². The molecule has 25 heavy (non-hydrogen) atoms. The fraction of sp³-hybridized carbons (Fsp3) is 0.267. The number of benzene rings is 1. The summed E-state index contributed by atoms with van der Waals surface area (Å²) < 4.78 is 41.3. The Labute approximate surface area is 140 Å². The zero-order valence-corrected chi connectivity index (χ0v) is 12.9. The van der Waals surface area contributed by atoms with Gasteiger partial charge < -0.3 is 15.4 Å². The van der Waals surface area contributed by atoms with Gasteiger partial charge in [0.05, 0.1) is 6.54 Å². The Kier molecular flexibility index (Phi) is 5.98. The second kappa shape index (κ2) is 8.18. The second-order valence-corrected chi connectivity index (χ2v) is 5.00. The van der Waals surface area contributed by atoms with Crippen molar-refractivity contribution in [1.29, 1.82) is 0 Å². The van der Waals surface area contributed by atoms with E-state index < -0.39 is 31.3 Å². The molecule has 2 rings (SSSR count). The van der Waals surface area contributed by atoms with E-state index >= 15 is 0 Å². The lowest BCUT2D eigenvalue weighted by molar-refractivity contribution is -0.160. The van der Waals surface area contributed by atoms with Crippen LogP contribution < -0.4 is 10.6 Å². The minimum absolute atomic E-state index is 0.486. The van der Waals surface area contributed by atoms with Crippen LogP contribution in [0.4, 0.5) is 23.7 Å². The molecule has 0 fully saturated rings. The molecule has 134 valence electrons. The average molecular weight is 356 g/mol. The van der Waals surface area contributed by atoms with Gasteiger partial charge >= 0.3 is 12.3 Å². The summed E-state index contributed by atoms with van der Waals surface area (Å²) in [4.78, 5) is 22.8. The van der Waals surface area contributed by atoms with Crippen molar-refractivity contribution in [2.24, 2.45) is 0 Å². The maximum Gasteiger partial charge on any atom is 0.422 e. The lowest BCUT2D eigenvalue weighted by Gasteiger charge is -2.10. The lowest BCUT2D eigenvalue weighted by atomic mass is 10.2. The molecule has 0 aliphatic heterocycles. The van der Waals surface area contributed by atoms with Crippen LogP contribution in [0.3, 0.4) is 0 Å². The predicted octanol–water partition coefficient (Wildman–Crippen LogP) is 2.16. The molecule has 0 saturated heterocycles. The first-order chi connectivity index (χ1) is 11.8. The van der Waals surface area contributed by atoms with Crippen molar-refractivity contribution in [3.05, 3.63) is 48.3 Å². The van der Waals surface area contributed by atoms with E-state index in [1.165, 1.54) is 0 Å². The molecule has 0 aliphatic rings. The molecule has 0 atom stereocenters. The van der Waals surface area contributed by atoms with Gasteiger partial charge in [0.25, 0.3) is 0 Å². The Morgan fingerprint density at radius 1 is 1.24 bits per heavy atom. The molecule has 0 radical (unpaired) electrons. The molecule has 7 nitrogen and oxygen atoms in total. The molecule has 2 N–H and O–H groups in total. The molecule has 0 spiro atoms. The summed E-state index contributed by atoms with van der Waals surface area (Å²) in [6.45, 7) is -1.71. The Morgan fingerprint density at radius 3 is 2.72 bits per heavy atom. The third-order valence-electron chi connectivity index (χ3n) is 2.87. The zero-order valence-electron chi connectivity index (χ0n) is 12.9. The third kappa shape index (κ3) is 6.94. The summed E-state index contributed by atoms with van der Waals surface area (Å²) in [5.74, 6) is -0.597. The number of rotatable bonds is 6. The van der Waals surface area contributed by atoms with Crippen molar-refractivity contribution < 1.29 is 27.5 Å².